The minimum Gasteiger partial charge on any atom is -0.390 e. The Morgan fingerprint density at radius 3 is 2.93 bits per heavy atom. The molecule has 1 fully saturated rings. The SMILES string of the molecule is O=C1Nc2cc(CNC[C@H](O)CN3CCc4ccccc4C3)ccc2[C@@H]2CC12. The first-order chi connectivity index (χ1) is 13.7. The van der Waals surface area contributed by atoms with Crippen LogP contribution in [-0.2, 0) is 24.3 Å². The second-order valence-electron chi connectivity index (χ2n) is 8.40. The van der Waals surface area contributed by atoms with Gasteiger partial charge in [-0.15, -0.1) is 0 Å². The molecule has 0 aromatic heterocycles. The molecule has 5 nitrogen and oxygen atoms in total. The predicted molar refractivity (Wildman–Crippen MR) is 109 cm³/mol. The lowest BCUT2D eigenvalue weighted by atomic mass is 9.99. The van der Waals surface area contributed by atoms with E-state index in [1.807, 2.05) is 0 Å². The lowest BCUT2D eigenvalue weighted by molar-refractivity contribution is -0.117. The number of hydrogen-bond donors (Lipinski definition) is 3. The Balaban J connectivity index is 1.11. The van der Waals surface area contributed by atoms with Crippen LogP contribution in [-0.4, -0.2) is 41.7 Å². The fraction of sp³-hybridized carbons (Fsp3) is 0.435. The van der Waals surface area contributed by atoms with Crippen molar-refractivity contribution in [2.45, 2.75) is 38.0 Å². The first-order valence-electron chi connectivity index (χ1n) is 10.3. The van der Waals surface area contributed by atoms with E-state index in [4.69, 9.17) is 0 Å². The summed E-state index contributed by atoms with van der Waals surface area (Å²) in [6.45, 7) is 3.86. The van der Waals surface area contributed by atoms with Gasteiger partial charge in [-0.25, -0.2) is 0 Å². The first-order valence-corrected chi connectivity index (χ1v) is 10.3. The molecule has 5 heteroatoms. The largest absolute Gasteiger partial charge is 0.390 e. The third-order valence-corrected chi connectivity index (χ3v) is 6.29. The maximum Gasteiger partial charge on any atom is 0.228 e. The van der Waals surface area contributed by atoms with Crippen molar-refractivity contribution < 1.29 is 9.90 Å². The Morgan fingerprint density at radius 2 is 2.04 bits per heavy atom. The quantitative estimate of drug-likeness (QED) is 0.723. The van der Waals surface area contributed by atoms with Crippen LogP contribution in [0.15, 0.2) is 42.5 Å². The van der Waals surface area contributed by atoms with Gasteiger partial charge in [-0.3, -0.25) is 9.69 Å². The fourth-order valence-corrected chi connectivity index (χ4v) is 4.65. The number of aliphatic hydroxyl groups excluding tert-OH is 1. The van der Waals surface area contributed by atoms with Crippen LogP contribution in [0.4, 0.5) is 5.69 Å². The second kappa shape index (κ2) is 7.32. The van der Waals surface area contributed by atoms with Crippen LogP contribution in [0.3, 0.4) is 0 Å². The van der Waals surface area contributed by atoms with Crippen molar-refractivity contribution >= 4 is 11.6 Å². The number of fused-ring (bicyclic) bond motifs is 4. The van der Waals surface area contributed by atoms with Crippen molar-refractivity contribution in [3.05, 3.63) is 64.7 Å². The highest BCUT2D eigenvalue weighted by Gasteiger charge is 2.48. The van der Waals surface area contributed by atoms with Gasteiger partial charge in [0.15, 0.2) is 0 Å². The van der Waals surface area contributed by atoms with Crippen LogP contribution in [0.25, 0.3) is 0 Å². The average Bonchev–Trinajstić information content (AvgIpc) is 3.49. The monoisotopic (exact) mass is 377 g/mol. The van der Waals surface area contributed by atoms with E-state index < -0.39 is 6.10 Å². The van der Waals surface area contributed by atoms with E-state index in [0.717, 1.165) is 37.2 Å². The third-order valence-electron chi connectivity index (χ3n) is 6.29. The van der Waals surface area contributed by atoms with Crippen molar-refractivity contribution in [1.82, 2.24) is 10.2 Å². The van der Waals surface area contributed by atoms with Gasteiger partial charge in [0.2, 0.25) is 5.91 Å². The summed E-state index contributed by atoms with van der Waals surface area (Å²) in [4.78, 5) is 14.2. The van der Waals surface area contributed by atoms with Gasteiger partial charge in [0.05, 0.1) is 6.10 Å². The Morgan fingerprint density at radius 1 is 1.18 bits per heavy atom. The van der Waals surface area contributed by atoms with Gasteiger partial charge >= 0.3 is 0 Å². The highest BCUT2D eigenvalue weighted by Crippen LogP contribution is 2.53. The van der Waals surface area contributed by atoms with E-state index in [1.54, 1.807) is 0 Å². The molecule has 3 aliphatic rings. The number of nitrogens with zero attached hydrogens (tertiary/aromatic N) is 1. The van der Waals surface area contributed by atoms with Crippen LogP contribution < -0.4 is 10.6 Å². The number of carbonyl (C=O) groups excluding carboxylic acids is 1. The van der Waals surface area contributed by atoms with Gasteiger partial charge in [-0.1, -0.05) is 36.4 Å². The van der Waals surface area contributed by atoms with Crippen LogP contribution >= 0.6 is 0 Å². The molecule has 2 aromatic rings. The smallest absolute Gasteiger partial charge is 0.228 e. The lowest BCUT2D eigenvalue weighted by Gasteiger charge is -2.30. The number of hydrogen-bond acceptors (Lipinski definition) is 4. The summed E-state index contributed by atoms with van der Waals surface area (Å²) in [7, 11) is 0. The molecule has 0 radical (unpaired) electrons. The van der Waals surface area contributed by atoms with Gasteiger partial charge in [0.1, 0.15) is 0 Å². The van der Waals surface area contributed by atoms with Gasteiger partial charge in [0.25, 0.3) is 0 Å². The fourth-order valence-electron chi connectivity index (χ4n) is 4.65. The van der Waals surface area contributed by atoms with E-state index in [-0.39, 0.29) is 11.8 Å². The van der Waals surface area contributed by atoms with E-state index in [0.29, 0.717) is 25.6 Å². The second-order valence-corrected chi connectivity index (χ2v) is 8.40. The zero-order valence-corrected chi connectivity index (χ0v) is 16.0. The number of aliphatic hydroxyl groups is 1. The number of β-amino-alcohol motifs (C(OH)–C–C–N with tert-alkyl or cyclic N) is 1. The van der Waals surface area contributed by atoms with Gasteiger partial charge in [0, 0.05) is 44.3 Å². The highest BCUT2D eigenvalue weighted by molar-refractivity contribution is 5.99. The van der Waals surface area contributed by atoms with E-state index in [2.05, 4.69) is 58.0 Å². The molecule has 1 aliphatic carbocycles. The minimum absolute atomic E-state index is 0.168. The molecule has 1 amide bonds. The predicted octanol–water partition coefficient (Wildman–Crippen LogP) is 2.25. The molecule has 3 N–H and O–H groups in total. The summed E-state index contributed by atoms with van der Waals surface area (Å²) >= 11 is 0. The molecule has 0 bridgehead atoms. The Hall–Kier alpha value is -2.21. The molecular weight excluding hydrogens is 350 g/mol. The minimum atomic E-state index is -0.394. The third kappa shape index (κ3) is 3.58. The summed E-state index contributed by atoms with van der Waals surface area (Å²) in [5.41, 5.74) is 6.19. The van der Waals surface area contributed by atoms with Crippen LogP contribution in [0.2, 0.25) is 0 Å². The van der Waals surface area contributed by atoms with Crippen LogP contribution in [0.5, 0.6) is 0 Å². The number of nitrogens with one attached hydrogen (secondary N) is 2. The zero-order chi connectivity index (χ0) is 19.1. The molecule has 3 atom stereocenters. The number of benzene rings is 2. The molecule has 0 saturated heterocycles. The van der Waals surface area contributed by atoms with Crippen LogP contribution in [0.1, 0.15) is 34.6 Å². The van der Waals surface area contributed by atoms with E-state index in [1.165, 1.54) is 16.7 Å². The molecule has 1 saturated carbocycles. The Kier molecular flexibility index (Phi) is 4.67. The molecule has 2 heterocycles. The lowest BCUT2D eigenvalue weighted by Crippen LogP contribution is -2.40. The summed E-state index contributed by atoms with van der Waals surface area (Å²) in [5, 5.41) is 16.8. The molecule has 1 unspecified atom stereocenters. The molecular formula is C23H27N3O2. The van der Waals surface area contributed by atoms with E-state index in [9.17, 15) is 9.90 Å². The number of anilines is 1. The first kappa shape index (κ1) is 17.9. The van der Waals surface area contributed by atoms with Crippen molar-refractivity contribution in [2.24, 2.45) is 5.92 Å². The summed E-state index contributed by atoms with van der Waals surface area (Å²) in [6, 6.07) is 14.9. The van der Waals surface area contributed by atoms with Gasteiger partial charge < -0.3 is 15.7 Å². The molecule has 0 spiro atoms. The normalized spacial score (nSPS) is 24.0. The maximum absolute atomic E-state index is 11.9. The average molecular weight is 377 g/mol. The van der Waals surface area contributed by atoms with Crippen molar-refractivity contribution in [3.8, 4) is 0 Å². The Labute approximate surface area is 165 Å². The molecule has 5 rings (SSSR count). The van der Waals surface area contributed by atoms with Gasteiger partial charge in [-0.05, 0) is 47.1 Å². The number of carbonyl (C=O) groups is 1. The van der Waals surface area contributed by atoms with Crippen molar-refractivity contribution in [3.63, 3.8) is 0 Å². The Bertz CT molecular complexity index is 897. The summed E-state index contributed by atoms with van der Waals surface area (Å²) < 4.78 is 0. The van der Waals surface area contributed by atoms with Gasteiger partial charge in [-0.2, -0.15) is 0 Å². The summed E-state index contributed by atoms with van der Waals surface area (Å²) in [6.07, 6.45) is 1.65. The molecule has 146 valence electrons. The van der Waals surface area contributed by atoms with Crippen molar-refractivity contribution in [2.75, 3.05) is 25.0 Å². The zero-order valence-electron chi connectivity index (χ0n) is 16.0. The maximum atomic E-state index is 11.9. The highest BCUT2D eigenvalue weighted by atomic mass is 16.3. The molecule has 2 aromatic carbocycles. The molecule has 28 heavy (non-hydrogen) atoms. The number of rotatable bonds is 6. The summed E-state index contributed by atoms with van der Waals surface area (Å²) in [5.74, 6) is 0.803. The van der Waals surface area contributed by atoms with Crippen molar-refractivity contribution in [1.29, 1.82) is 0 Å². The molecule has 2 aliphatic heterocycles. The topological polar surface area (TPSA) is 64.6 Å². The number of amides is 1. The standard InChI is InChI=1S/C23H27N3O2/c27-18(14-26-8-7-16-3-1-2-4-17(16)13-26)12-24-11-15-5-6-19-20-10-21(20)23(28)25-22(19)9-15/h1-6,9,18,20-21,24,27H,7-8,10-14H2,(H,25,28)/t18-,20-,21?/m0/s1. The van der Waals surface area contributed by atoms with E-state index >= 15 is 0 Å². The van der Waals surface area contributed by atoms with Crippen LogP contribution in [0, 0.1) is 5.92 Å².